The summed E-state index contributed by atoms with van der Waals surface area (Å²) in [5.41, 5.74) is 2.27. The van der Waals surface area contributed by atoms with Crippen molar-refractivity contribution in [1.82, 2.24) is 5.32 Å². The Balaban J connectivity index is 1.54. The molecule has 1 heterocycles. The van der Waals surface area contributed by atoms with E-state index in [1.165, 1.54) is 0 Å². The van der Waals surface area contributed by atoms with Gasteiger partial charge in [-0.15, -0.1) is 0 Å². The molecule has 0 bridgehead atoms. The Morgan fingerprint density at radius 3 is 2.59 bits per heavy atom. The number of anilines is 1. The molecular weight excluding hydrogens is 388 g/mol. The number of halogens is 1. The number of hydrogen-bond acceptors (Lipinski definition) is 5. The standard InChI is InChI=1S/C19H15ClN2O4S/c1-11-2-5-13(9-15(11)20)21-17(23)10-26-14-6-3-12(4-7-14)8-16-18(24)22-19(25)27-16/h2-9H,10H2,1H3,(H,21,23)(H,22,24,25)/b16-8-. The lowest BCUT2D eigenvalue weighted by Gasteiger charge is -2.09. The fourth-order valence-corrected chi connectivity index (χ4v) is 3.11. The molecular formula is C19H15ClN2O4S. The van der Waals surface area contributed by atoms with Gasteiger partial charge < -0.3 is 10.1 Å². The second-order valence-corrected chi connectivity index (χ2v) is 7.14. The van der Waals surface area contributed by atoms with Crippen LogP contribution in [0.2, 0.25) is 5.02 Å². The molecule has 0 atom stereocenters. The van der Waals surface area contributed by atoms with Crippen LogP contribution < -0.4 is 15.4 Å². The Hall–Kier alpha value is -2.77. The molecule has 6 nitrogen and oxygen atoms in total. The number of benzene rings is 2. The number of carbonyl (C=O) groups excluding carboxylic acids is 3. The zero-order chi connectivity index (χ0) is 19.4. The summed E-state index contributed by atoms with van der Waals surface area (Å²) < 4.78 is 5.45. The maximum Gasteiger partial charge on any atom is 0.290 e. The predicted molar refractivity (Wildman–Crippen MR) is 106 cm³/mol. The van der Waals surface area contributed by atoms with Crippen molar-refractivity contribution < 1.29 is 19.1 Å². The smallest absolute Gasteiger partial charge is 0.290 e. The van der Waals surface area contributed by atoms with Crippen molar-refractivity contribution in [3.63, 3.8) is 0 Å². The fourth-order valence-electron chi connectivity index (χ4n) is 2.25. The Bertz CT molecular complexity index is 941. The van der Waals surface area contributed by atoms with Gasteiger partial charge in [0, 0.05) is 10.7 Å². The van der Waals surface area contributed by atoms with Gasteiger partial charge in [-0.1, -0.05) is 29.8 Å². The first-order valence-corrected chi connectivity index (χ1v) is 9.14. The number of aryl methyl sites for hydroxylation is 1. The van der Waals surface area contributed by atoms with Crippen LogP contribution in [-0.2, 0) is 9.59 Å². The molecule has 138 valence electrons. The summed E-state index contributed by atoms with van der Waals surface area (Å²) >= 11 is 6.89. The van der Waals surface area contributed by atoms with E-state index in [1.54, 1.807) is 42.5 Å². The van der Waals surface area contributed by atoms with E-state index in [9.17, 15) is 14.4 Å². The normalized spacial score (nSPS) is 15.0. The molecule has 1 aliphatic rings. The summed E-state index contributed by atoms with van der Waals surface area (Å²) in [4.78, 5) is 35.0. The minimum atomic E-state index is -0.404. The second-order valence-electron chi connectivity index (χ2n) is 5.72. The van der Waals surface area contributed by atoms with Crippen LogP contribution in [0.5, 0.6) is 5.75 Å². The summed E-state index contributed by atoms with van der Waals surface area (Å²) in [6.45, 7) is 1.73. The van der Waals surface area contributed by atoms with Crippen LogP contribution in [-0.4, -0.2) is 23.7 Å². The maximum absolute atomic E-state index is 12.0. The molecule has 0 radical (unpaired) electrons. The van der Waals surface area contributed by atoms with E-state index in [4.69, 9.17) is 16.3 Å². The summed E-state index contributed by atoms with van der Waals surface area (Å²) in [5, 5.41) is 5.10. The largest absolute Gasteiger partial charge is 0.484 e. The average molecular weight is 403 g/mol. The Kier molecular flexibility index (Phi) is 5.83. The van der Waals surface area contributed by atoms with Crippen LogP contribution in [0.1, 0.15) is 11.1 Å². The molecule has 0 saturated carbocycles. The van der Waals surface area contributed by atoms with E-state index in [2.05, 4.69) is 10.6 Å². The number of carbonyl (C=O) groups is 3. The van der Waals surface area contributed by atoms with Crippen molar-refractivity contribution in [3.8, 4) is 5.75 Å². The highest BCUT2D eigenvalue weighted by Gasteiger charge is 2.24. The van der Waals surface area contributed by atoms with Crippen molar-refractivity contribution in [2.75, 3.05) is 11.9 Å². The molecule has 1 aliphatic heterocycles. The highest BCUT2D eigenvalue weighted by molar-refractivity contribution is 8.18. The monoisotopic (exact) mass is 402 g/mol. The Labute approximate surface area is 164 Å². The molecule has 2 aromatic carbocycles. The van der Waals surface area contributed by atoms with Crippen LogP contribution in [0.4, 0.5) is 10.5 Å². The third kappa shape index (κ3) is 5.12. The van der Waals surface area contributed by atoms with Crippen LogP contribution in [0.3, 0.4) is 0 Å². The molecule has 0 spiro atoms. The molecule has 2 aromatic rings. The van der Waals surface area contributed by atoms with Gasteiger partial charge in [-0.25, -0.2) is 0 Å². The second kappa shape index (κ2) is 8.28. The summed E-state index contributed by atoms with van der Waals surface area (Å²) in [6.07, 6.45) is 1.61. The van der Waals surface area contributed by atoms with E-state index in [0.29, 0.717) is 21.4 Å². The number of nitrogens with one attached hydrogen (secondary N) is 2. The zero-order valence-corrected chi connectivity index (χ0v) is 15.8. The minimum absolute atomic E-state index is 0.154. The number of hydrogen-bond donors (Lipinski definition) is 2. The Morgan fingerprint density at radius 2 is 1.96 bits per heavy atom. The fraction of sp³-hybridized carbons (Fsp3) is 0.105. The molecule has 27 heavy (non-hydrogen) atoms. The van der Waals surface area contributed by atoms with Gasteiger partial charge in [0.25, 0.3) is 17.1 Å². The van der Waals surface area contributed by atoms with Crippen molar-refractivity contribution in [3.05, 3.63) is 63.5 Å². The number of imide groups is 1. The highest BCUT2D eigenvalue weighted by Crippen LogP contribution is 2.26. The van der Waals surface area contributed by atoms with Gasteiger partial charge in [0.2, 0.25) is 0 Å². The van der Waals surface area contributed by atoms with Crippen LogP contribution >= 0.6 is 23.4 Å². The first-order valence-electron chi connectivity index (χ1n) is 7.94. The topological polar surface area (TPSA) is 84.5 Å². The summed E-state index contributed by atoms with van der Waals surface area (Å²) in [6, 6.07) is 12.1. The Morgan fingerprint density at radius 1 is 1.22 bits per heavy atom. The van der Waals surface area contributed by atoms with E-state index < -0.39 is 5.91 Å². The number of thioether (sulfide) groups is 1. The van der Waals surface area contributed by atoms with Crippen molar-refractivity contribution in [2.45, 2.75) is 6.92 Å². The lowest BCUT2D eigenvalue weighted by atomic mass is 10.2. The minimum Gasteiger partial charge on any atom is -0.484 e. The zero-order valence-electron chi connectivity index (χ0n) is 14.2. The number of rotatable bonds is 5. The third-order valence-corrected chi connectivity index (χ3v) is 4.86. The molecule has 0 unspecified atom stereocenters. The molecule has 8 heteroatoms. The van der Waals surface area contributed by atoms with E-state index in [-0.39, 0.29) is 17.8 Å². The molecule has 1 fully saturated rings. The van der Waals surface area contributed by atoms with Gasteiger partial charge in [-0.05, 0) is 60.2 Å². The number of amides is 3. The third-order valence-electron chi connectivity index (χ3n) is 3.65. The average Bonchev–Trinajstić information content (AvgIpc) is 2.95. The highest BCUT2D eigenvalue weighted by atomic mass is 35.5. The van der Waals surface area contributed by atoms with Crippen LogP contribution in [0.15, 0.2) is 47.4 Å². The SMILES string of the molecule is Cc1ccc(NC(=O)COc2ccc(/C=C3\SC(=O)NC3=O)cc2)cc1Cl. The van der Waals surface area contributed by atoms with E-state index in [1.807, 2.05) is 13.0 Å². The van der Waals surface area contributed by atoms with Crippen molar-refractivity contribution >= 4 is 52.2 Å². The molecule has 2 N–H and O–H groups in total. The molecule has 1 saturated heterocycles. The van der Waals surface area contributed by atoms with Gasteiger partial charge in [-0.3, -0.25) is 19.7 Å². The summed E-state index contributed by atoms with van der Waals surface area (Å²) in [7, 11) is 0. The first-order chi connectivity index (χ1) is 12.9. The van der Waals surface area contributed by atoms with Gasteiger partial charge >= 0.3 is 0 Å². The molecule has 3 amide bonds. The lowest BCUT2D eigenvalue weighted by Crippen LogP contribution is -2.20. The molecule has 0 aromatic heterocycles. The van der Waals surface area contributed by atoms with Gasteiger partial charge in [0.05, 0.1) is 4.91 Å². The van der Waals surface area contributed by atoms with Crippen molar-refractivity contribution in [1.29, 1.82) is 0 Å². The number of ether oxygens (including phenoxy) is 1. The quantitative estimate of drug-likeness (QED) is 0.739. The maximum atomic E-state index is 12.0. The predicted octanol–water partition coefficient (Wildman–Crippen LogP) is 3.99. The van der Waals surface area contributed by atoms with Gasteiger partial charge in [-0.2, -0.15) is 0 Å². The molecule has 0 aliphatic carbocycles. The molecule has 3 rings (SSSR count). The van der Waals surface area contributed by atoms with Gasteiger partial charge in [0.15, 0.2) is 6.61 Å². The van der Waals surface area contributed by atoms with Gasteiger partial charge in [0.1, 0.15) is 5.75 Å². The van der Waals surface area contributed by atoms with Crippen LogP contribution in [0.25, 0.3) is 6.08 Å². The first kappa shape index (κ1) is 19.0. The van der Waals surface area contributed by atoms with Crippen LogP contribution in [0, 0.1) is 6.92 Å². The van der Waals surface area contributed by atoms with E-state index in [0.717, 1.165) is 22.9 Å². The van der Waals surface area contributed by atoms with E-state index >= 15 is 0 Å². The lowest BCUT2D eigenvalue weighted by molar-refractivity contribution is -0.118. The van der Waals surface area contributed by atoms with Crippen molar-refractivity contribution in [2.24, 2.45) is 0 Å². The summed E-state index contributed by atoms with van der Waals surface area (Å²) in [5.74, 6) is -0.203.